The minimum atomic E-state index is -1.69. The zero-order valence-corrected chi connectivity index (χ0v) is 11.3. The van der Waals surface area contributed by atoms with Crippen LogP contribution < -0.4 is 10.6 Å². The molecule has 1 aromatic carbocycles. The van der Waals surface area contributed by atoms with E-state index in [2.05, 4.69) is 5.32 Å². The van der Waals surface area contributed by atoms with Gasteiger partial charge in [-0.05, 0) is 18.6 Å². The third kappa shape index (κ3) is 4.66. The fourth-order valence-corrected chi connectivity index (χ4v) is 1.67. The molecule has 1 aromatic rings. The van der Waals surface area contributed by atoms with Crippen LogP contribution in [0.4, 0.5) is 23.7 Å². The Balaban J connectivity index is 2.62. The van der Waals surface area contributed by atoms with Crippen LogP contribution in [0.15, 0.2) is 12.1 Å². The Morgan fingerprint density at radius 1 is 1.24 bits per heavy atom. The van der Waals surface area contributed by atoms with Crippen LogP contribution in [0.1, 0.15) is 19.8 Å². The van der Waals surface area contributed by atoms with Gasteiger partial charge in [-0.25, -0.2) is 18.0 Å². The quantitative estimate of drug-likeness (QED) is 0.707. The highest BCUT2D eigenvalue weighted by Gasteiger charge is 2.18. The molecule has 0 aliphatic carbocycles. The number of carboxylic acid groups (broad SMARTS) is 1. The predicted molar refractivity (Wildman–Crippen MR) is 69.4 cm³/mol. The number of carbonyl (C=O) groups is 2. The van der Waals surface area contributed by atoms with Crippen molar-refractivity contribution in [3.05, 3.63) is 29.6 Å². The molecule has 1 unspecified atom stereocenters. The smallest absolute Gasteiger partial charge is 0.319 e. The van der Waals surface area contributed by atoms with Crippen LogP contribution in [-0.2, 0) is 4.79 Å². The number of aliphatic carboxylic acids is 1. The first-order valence-corrected chi connectivity index (χ1v) is 6.28. The number of amides is 2. The lowest BCUT2D eigenvalue weighted by Gasteiger charge is -2.13. The van der Waals surface area contributed by atoms with E-state index in [0.29, 0.717) is 18.9 Å². The van der Waals surface area contributed by atoms with Gasteiger partial charge >= 0.3 is 12.0 Å². The summed E-state index contributed by atoms with van der Waals surface area (Å²) in [5, 5.41) is 13.1. The number of anilines is 1. The van der Waals surface area contributed by atoms with Crippen LogP contribution in [0.5, 0.6) is 0 Å². The molecule has 5 nitrogen and oxygen atoms in total. The van der Waals surface area contributed by atoms with Crippen molar-refractivity contribution in [1.82, 2.24) is 5.32 Å². The van der Waals surface area contributed by atoms with Crippen molar-refractivity contribution in [2.24, 2.45) is 5.92 Å². The van der Waals surface area contributed by atoms with Crippen LogP contribution in [0.3, 0.4) is 0 Å². The van der Waals surface area contributed by atoms with Gasteiger partial charge in [0.05, 0.1) is 11.6 Å². The van der Waals surface area contributed by atoms with E-state index >= 15 is 0 Å². The van der Waals surface area contributed by atoms with Gasteiger partial charge in [0.2, 0.25) is 0 Å². The number of benzene rings is 1. The van der Waals surface area contributed by atoms with Crippen molar-refractivity contribution in [3.8, 4) is 0 Å². The molecule has 2 amide bonds. The molecule has 116 valence electrons. The number of carbonyl (C=O) groups excluding carboxylic acids is 1. The minimum Gasteiger partial charge on any atom is -0.481 e. The van der Waals surface area contributed by atoms with Crippen molar-refractivity contribution < 1.29 is 27.9 Å². The summed E-state index contributed by atoms with van der Waals surface area (Å²) in [4.78, 5) is 22.4. The van der Waals surface area contributed by atoms with Crippen molar-refractivity contribution >= 4 is 17.7 Å². The maximum absolute atomic E-state index is 13.3. The van der Waals surface area contributed by atoms with Gasteiger partial charge in [0.1, 0.15) is 0 Å². The molecule has 0 radical (unpaired) electrons. The Kier molecular flexibility index (Phi) is 6.01. The molecule has 1 atom stereocenters. The summed E-state index contributed by atoms with van der Waals surface area (Å²) in [6.07, 6.45) is 0.993. The average molecular weight is 304 g/mol. The summed E-state index contributed by atoms with van der Waals surface area (Å²) >= 11 is 0. The second-order valence-corrected chi connectivity index (χ2v) is 4.38. The first kappa shape index (κ1) is 16.8. The minimum absolute atomic E-state index is 0.152. The van der Waals surface area contributed by atoms with Gasteiger partial charge in [-0.3, -0.25) is 4.79 Å². The number of carboxylic acids is 1. The molecular weight excluding hydrogens is 289 g/mol. The summed E-state index contributed by atoms with van der Waals surface area (Å²) < 4.78 is 39.0. The fourth-order valence-electron chi connectivity index (χ4n) is 1.67. The second-order valence-electron chi connectivity index (χ2n) is 4.38. The van der Waals surface area contributed by atoms with Gasteiger partial charge in [0.15, 0.2) is 17.5 Å². The van der Waals surface area contributed by atoms with Crippen LogP contribution in [0.25, 0.3) is 0 Å². The number of urea groups is 1. The predicted octanol–water partition coefficient (Wildman–Crippen LogP) is 2.73. The van der Waals surface area contributed by atoms with Gasteiger partial charge in [-0.15, -0.1) is 0 Å². The lowest BCUT2D eigenvalue weighted by Crippen LogP contribution is -2.36. The number of hydrogen-bond acceptors (Lipinski definition) is 2. The van der Waals surface area contributed by atoms with Crippen molar-refractivity contribution in [2.75, 3.05) is 11.9 Å². The maximum Gasteiger partial charge on any atom is 0.319 e. The molecule has 0 bridgehead atoms. The maximum atomic E-state index is 13.3. The van der Waals surface area contributed by atoms with Gasteiger partial charge in [-0.2, -0.15) is 0 Å². The number of hydrogen-bond donors (Lipinski definition) is 3. The number of halogens is 3. The van der Waals surface area contributed by atoms with E-state index in [1.807, 2.05) is 5.32 Å². The Hall–Kier alpha value is -2.25. The largest absolute Gasteiger partial charge is 0.481 e. The van der Waals surface area contributed by atoms with E-state index in [-0.39, 0.29) is 6.54 Å². The molecule has 21 heavy (non-hydrogen) atoms. The molecule has 0 heterocycles. The third-order valence-corrected chi connectivity index (χ3v) is 2.78. The van der Waals surface area contributed by atoms with Crippen LogP contribution in [0.2, 0.25) is 0 Å². The molecule has 0 saturated carbocycles. The van der Waals surface area contributed by atoms with E-state index in [1.54, 1.807) is 6.92 Å². The Bertz CT molecular complexity index is 538. The summed E-state index contributed by atoms with van der Waals surface area (Å²) in [6, 6.07) is 0.640. The molecule has 8 heteroatoms. The molecule has 0 aliphatic heterocycles. The SMILES string of the molecule is CCCC(CNC(=O)Nc1ccc(F)c(F)c1F)C(=O)O. The van der Waals surface area contributed by atoms with Gasteiger partial charge in [0, 0.05) is 6.54 Å². The van der Waals surface area contributed by atoms with E-state index in [0.717, 1.165) is 6.07 Å². The molecule has 0 aliphatic rings. The fraction of sp³-hybridized carbons (Fsp3) is 0.385. The van der Waals surface area contributed by atoms with Gasteiger partial charge < -0.3 is 15.7 Å². The lowest BCUT2D eigenvalue weighted by atomic mass is 10.0. The highest BCUT2D eigenvalue weighted by atomic mass is 19.2. The molecule has 1 rings (SSSR count). The van der Waals surface area contributed by atoms with Gasteiger partial charge in [-0.1, -0.05) is 13.3 Å². The second kappa shape index (κ2) is 7.51. The summed E-state index contributed by atoms with van der Waals surface area (Å²) in [5.74, 6) is -6.41. The summed E-state index contributed by atoms with van der Waals surface area (Å²) in [5.41, 5.74) is -0.534. The van der Waals surface area contributed by atoms with E-state index in [9.17, 15) is 22.8 Å². The summed E-state index contributed by atoms with van der Waals surface area (Å²) in [7, 11) is 0. The van der Waals surface area contributed by atoms with Crippen molar-refractivity contribution in [3.63, 3.8) is 0 Å². The molecule has 0 saturated heterocycles. The Morgan fingerprint density at radius 3 is 2.48 bits per heavy atom. The van der Waals surface area contributed by atoms with Gasteiger partial charge in [0.25, 0.3) is 0 Å². The highest BCUT2D eigenvalue weighted by molar-refractivity contribution is 5.89. The molecular formula is C13H15F3N2O3. The van der Waals surface area contributed by atoms with Crippen molar-refractivity contribution in [1.29, 1.82) is 0 Å². The Morgan fingerprint density at radius 2 is 1.90 bits per heavy atom. The zero-order chi connectivity index (χ0) is 16.0. The van der Waals surface area contributed by atoms with E-state index in [4.69, 9.17) is 5.11 Å². The third-order valence-electron chi connectivity index (χ3n) is 2.78. The zero-order valence-electron chi connectivity index (χ0n) is 11.3. The highest BCUT2D eigenvalue weighted by Crippen LogP contribution is 2.19. The number of rotatable bonds is 6. The van der Waals surface area contributed by atoms with Crippen LogP contribution in [-0.4, -0.2) is 23.7 Å². The summed E-state index contributed by atoms with van der Waals surface area (Å²) in [6.45, 7) is 1.65. The van der Waals surface area contributed by atoms with E-state index in [1.165, 1.54) is 0 Å². The lowest BCUT2D eigenvalue weighted by molar-refractivity contribution is -0.141. The average Bonchev–Trinajstić information content (AvgIpc) is 2.43. The molecule has 0 fully saturated rings. The monoisotopic (exact) mass is 304 g/mol. The van der Waals surface area contributed by atoms with E-state index < -0.39 is 41.1 Å². The normalized spacial score (nSPS) is 11.8. The first-order chi connectivity index (χ1) is 9.86. The van der Waals surface area contributed by atoms with Crippen LogP contribution in [0, 0.1) is 23.4 Å². The number of nitrogens with one attached hydrogen (secondary N) is 2. The van der Waals surface area contributed by atoms with Crippen LogP contribution >= 0.6 is 0 Å². The molecule has 3 N–H and O–H groups in total. The first-order valence-electron chi connectivity index (χ1n) is 6.28. The topological polar surface area (TPSA) is 78.4 Å². The van der Waals surface area contributed by atoms with Crippen molar-refractivity contribution in [2.45, 2.75) is 19.8 Å². The standard InChI is InChI=1S/C13H15F3N2O3/c1-2-3-7(12(19)20)6-17-13(21)18-9-5-4-8(14)10(15)11(9)16/h4-5,7H,2-3,6H2,1H3,(H,19,20)(H2,17,18,21). The Labute approximate surface area is 119 Å². The molecule has 0 spiro atoms. The molecule has 0 aromatic heterocycles.